The normalized spacial score (nSPS) is 12.6. The van der Waals surface area contributed by atoms with E-state index in [0.29, 0.717) is 6.61 Å². The molecule has 0 saturated carbocycles. The highest BCUT2D eigenvalue weighted by molar-refractivity contribution is 5.35. The van der Waals surface area contributed by atoms with Crippen LogP contribution in [0.1, 0.15) is 25.5 Å². The third kappa shape index (κ3) is 2.86. The summed E-state index contributed by atoms with van der Waals surface area (Å²) in [5, 5.41) is 11.1. The molecule has 1 aromatic carbocycles. The van der Waals surface area contributed by atoms with Crippen molar-refractivity contribution in [1.29, 1.82) is 0 Å². The molecule has 0 fully saturated rings. The lowest BCUT2D eigenvalue weighted by atomic mass is 10.1. The van der Waals surface area contributed by atoms with E-state index in [0.717, 1.165) is 11.3 Å². The fourth-order valence-electron chi connectivity index (χ4n) is 1.49. The first-order valence-electron chi connectivity index (χ1n) is 5.52. The minimum absolute atomic E-state index is 0.117. The highest BCUT2D eigenvalue weighted by Crippen LogP contribution is 2.15. The predicted octanol–water partition coefficient (Wildman–Crippen LogP) is 1.26. The molecule has 1 unspecified atom stereocenters. The van der Waals surface area contributed by atoms with Crippen LogP contribution in [-0.2, 0) is 4.84 Å². The van der Waals surface area contributed by atoms with Crippen molar-refractivity contribution in [2.75, 3.05) is 6.61 Å². The van der Waals surface area contributed by atoms with Gasteiger partial charge in [0.25, 0.3) is 0 Å². The summed E-state index contributed by atoms with van der Waals surface area (Å²) >= 11 is 0. The van der Waals surface area contributed by atoms with Gasteiger partial charge in [0.2, 0.25) is 0 Å². The number of benzene rings is 1. The van der Waals surface area contributed by atoms with Gasteiger partial charge in [0, 0.05) is 0 Å². The average molecular weight is 233 g/mol. The minimum atomic E-state index is 0.117. The highest BCUT2D eigenvalue weighted by Gasteiger charge is 2.06. The van der Waals surface area contributed by atoms with Gasteiger partial charge in [-0.25, -0.2) is 4.68 Å². The topological polar surface area (TPSA) is 64.9 Å². The molecule has 90 valence electrons. The third-order valence-corrected chi connectivity index (χ3v) is 2.39. The maximum absolute atomic E-state index is 5.18. The van der Waals surface area contributed by atoms with E-state index in [4.69, 9.17) is 4.84 Å². The van der Waals surface area contributed by atoms with Crippen molar-refractivity contribution in [2.45, 2.75) is 19.9 Å². The van der Waals surface area contributed by atoms with E-state index in [2.05, 4.69) is 21.0 Å². The molecule has 0 spiro atoms. The van der Waals surface area contributed by atoms with Crippen LogP contribution < -0.4 is 5.48 Å². The van der Waals surface area contributed by atoms with Gasteiger partial charge in [-0.15, -0.1) is 5.10 Å². The molecule has 0 aliphatic carbocycles. The first-order chi connectivity index (χ1) is 8.31. The Kier molecular flexibility index (Phi) is 3.79. The largest absolute Gasteiger partial charge is 0.302 e. The van der Waals surface area contributed by atoms with Crippen molar-refractivity contribution in [3.8, 4) is 5.69 Å². The maximum Gasteiger partial charge on any atom is 0.143 e. The molecule has 2 aromatic rings. The predicted molar refractivity (Wildman–Crippen MR) is 62.3 cm³/mol. The van der Waals surface area contributed by atoms with E-state index in [9.17, 15) is 0 Å². The molecular formula is C11H15N5O. The fourth-order valence-corrected chi connectivity index (χ4v) is 1.49. The number of nitrogens with zero attached hydrogens (tertiary/aromatic N) is 4. The zero-order valence-electron chi connectivity index (χ0n) is 9.87. The Morgan fingerprint density at radius 3 is 3.06 bits per heavy atom. The van der Waals surface area contributed by atoms with E-state index >= 15 is 0 Å². The first kappa shape index (κ1) is 11.7. The summed E-state index contributed by atoms with van der Waals surface area (Å²) < 4.78 is 1.62. The van der Waals surface area contributed by atoms with Gasteiger partial charge in [-0.3, -0.25) is 0 Å². The average Bonchev–Trinajstić information content (AvgIpc) is 2.90. The molecule has 1 N–H and O–H groups in total. The van der Waals surface area contributed by atoms with Gasteiger partial charge >= 0.3 is 0 Å². The zero-order chi connectivity index (χ0) is 12.1. The second-order valence-corrected chi connectivity index (χ2v) is 3.62. The number of nitrogens with one attached hydrogen (secondary N) is 1. The van der Waals surface area contributed by atoms with E-state index in [-0.39, 0.29) is 6.04 Å². The van der Waals surface area contributed by atoms with Gasteiger partial charge in [0.15, 0.2) is 0 Å². The summed E-state index contributed by atoms with van der Waals surface area (Å²) in [6.45, 7) is 4.61. The standard InChI is InChI=1S/C11H15N5O/c1-3-17-13-9(2)10-5-4-6-11(7-10)16-8-12-14-15-16/h4-9,13H,3H2,1-2H3. The number of aromatic nitrogens is 4. The number of hydroxylamine groups is 1. The summed E-state index contributed by atoms with van der Waals surface area (Å²) in [6, 6.07) is 8.09. The van der Waals surface area contributed by atoms with Gasteiger partial charge in [-0.05, 0) is 42.0 Å². The number of rotatable bonds is 5. The molecule has 1 heterocycles. The van der Waals surface area contributed by atoms with E-state index in [1.807, 2.05) is 38.1 Å². The Morgan fingerprint density at radius 1 is 1.47 bits per heavy atom. The summed E-state index contributed by atoms with van der Waals surface area (Å²) in [7, 11) is 0. The zero-order valence-corrected chi connectivity index (χ0v) is 9.87. The summed E-state index contributed by atoms with van der Waals surface area (Å²) in [6.07, 6.45) is 1.57. The Morgan fingerprint density at radius 2 is 2.35 bits per heavy atom. The van der Waals surface area contributed by atoms with Crippen molar-refractivity contribution >= 4 is 0 Å². The Labute approximate surface area is 99.5 Å². The first-order valence-corrected chi connectivity index (χ1v) is 5.52. The molecule has 0 radical (unpaired) electrons. The van der Waals surface area contributed by atoms with Crippen LogP contribution in [0.15, 0.2) is 30.6 Å². The molecular weight excluding hydrogens is 218 g/mol. The van der Waals surface area contributed by atoms with Gasteiger partial charge in [-0.1, -0.05) is 12.1 Å². The second-order valence-electron chi connectivity index (χ2n) is 3.62. The molecule has 6 nitrogen and oxygen atoms in total. The van der Waals surface area contributed by atoms with E-state index in [1.165, 1.54) is 0 Å². The summed E-state index contributed by atoms with van der Waals surface area (Å²) in [5.74, 6) is 0. The van der Waals surface area contributed by atoms with Crippen LogP contribution in [0.2, 0.25) is 0 Å². The summed E-state index contributed by atoms with van der Waals surface area (Å²) in [4.78, 5) is 5.18. The molecule has 0 bridgehead atoms. The lowest BCUT2D eigenvalue weighted by molar-refractivity contribution is 0.0285. The van der Waals surface area contributed by atoms with Crippen molar-refractivity contribution < 1.29 is 4.84 Å². The molecule has 0 aliphatic rings. The van der Waals surface area contributed by atoms with Gasteiger partial charge in [0.05, 0.1) is 18.3 Å². The van der Waals surface area contributed by atoms with Crippen LogP contribution in [-0.4, -0.2) is 26.8 Å². The van der Waals surface area contributed by atoms with Crippen LogP contribution in [0.25, 0.3) is 5.69 Å². The van der Waals surface area contributed by atoms with Crippen LogP contribution in [0.3, 0.4) is 0 Å². The monoisotopic (exact) mass is 233 g/mol. The number of hydrogen-bond donors (Lipinski definition) is 1. The van der Waals surface area contributed by atoms with Crippen LogP contribution in [0.5, 0.6) is 0 Å². The Bertz CT molecular complexity index is 457. The van der Waals surface area contributed by atoms with Crippen molar-refractivity contribution in [3.05, 3.63) is 36.2 Å². The highest BCUT2D eigenvalue weighted by atomic mass is 16.6. The van der Waals surface area contributed by atoms with Crippen molar-refractivity contribution in [2.24, 2.45) is 0 Å². The van der Waals surface area contributed by atoms with Crippen molar-refractivity contribution in [3.63, 3.8) is 0 Å². The van der Waals surface area contributed by atoms with Crippen LogP contribution in [0, 0.1) is 0 Å². The minimum Gasteiger partial charge on any atom is -0.302 e. The maximum atomic E-state index is 5.18. The Hall–Kier alpha value is -1.79. The third-order valence-electron chi connectivity index (χ3n) is 2.39. The quantitative estimate of drug-likeness (QED) is 0.788. The smallest absolute Gasteiger partial charge is 0.143 e. The molecule has 17 heavy (non-hydrogen) atoms. The second kappa shape index (κ2) is 5.51. The molecule has 0 saturated heterocycles. The molecule has 2 rings (SSSR count). The van der Waals surface area contributed by atoms with Gasteiger partial charge in [0.1, 0.15) is 6.33 Å². The molecule has 6 heteroatoms. The molecule has 1 atom stereocenters. The number of tetrazole rings is 1. The Balaban J connectivity index is 2.17. The molecule has 1 aromatic heterocycles. The van der Waals surface area contributed by atoms with Gasteiger partial charge < -0.3 is 4.84 Å². The van der Waals surface area contributed by atoms with Crippen LogP contribution >= 0.6 is 0 Å². The summed E-state index contributed by atoms with van der Waals surface area (Å²) in [5.41, 5.74) is 5.01. The lowest BCUT2D eigenvalue weighted by Crippen LogP contribution is -2.19. The van der Waals surface area contributed by atoms with Gasteiger partial charge in [-0.2, -0.15) is 5.48 Å². The molecule has 0 aliphatic heterocycles. The van der Waals surface area contributed by atoms with E-state index < -0.39 is 0 Å². The number of hydrogen-bond acceptors (Lipinski definition) is 5. The van der Waals surface area contributed by atoms with E-state index in [1.54, 1.807) is 11.0 Å². The lowest BCUT2D eigenvalue weighted by Gasteiger charge is -2.14. The van der Waals surface area contributed by atoms with Crippen molar-refractivity contribution in [1.82, 2.24) is 25.7 Å². The fraction of sp³-hybridized carbons (Fsp3) is 0.364. The SMILES string of the molecule is CCONC(C)c1cccc(-n2cnnn2)c1. The van der Waals surface area contributed by atoms with Crippen LogP contribution in [0.4, 0.5) is 0 Å². The molecule has 0 amide bonds.